The van der Waals surface area contributed by atoms with Crippen LogP contribution in [0.5, 0.6) is 0 Å². The van der Waals surface area contributed by atoms with E-state index in [1.54, 1.807) is 0 Å². The van der Waals surface area contributed by atoms with Gasteiger partial charge in [-0.15, -0.1) is 0 Å². The van der Waals surface area contributed by atoms with Crippen LogP contribution in [0, 0.1) is 34.3 Å². The number of carbonyl (C=O) groups is 1. The van der Waals surface area contributed by atoms with Crippen LogP contribution in [0.2, 0.25) is 0 Å². The molecule has 0 saturated carbocycles. The van der Waals surface area contributed by atoms with E-state index in [9.17, 15) is 13.6 Å². The van der Waals surface area contributed by atoms with E-state index in [1.807, 2.05) is 0 Å². The molecule has 5 nitrogen and oxygen atoms in total. The molecule has 1 aromatic rings. The number of nitrogens with zero attached hydrogens (tertiary/aromatic N) is 2. The van der Waals surface area contributed by atoms with Crippen LogP contribution < -0.4 is 5.32 Å². The predicted molar refractivity (Wildman–Crippen MR) is 60.6 cm³/mol. The van der Waals surface area contributed by atoms with E-state index >= 15 is 0 Å². The first-order valence-electron chi connectivity index (χ1n) is 4.88. The van der Waals surface area contributed by atoms with Crippen LogP contribution in [-0.4, -0.2) is 13.1 Å². The number of hydrogen-bond acceptors (Lipinski definition) is 5. The molecule has 1 N–H and O–H groups in total. The lowest BCUT2D eigenvalue weighted by Crippen LogP contribution is -2.08. The van der Waals surface area contributed by atoms with Crippen molar-refractivity contribution in [1.29, 1.82) is 10.5 Å². The maximum atomic E-state index is 13.6. The molecule has 19 heavy (non-hydrogen) atoms. The summed E-state index contributed by atoms with van der Waals surface area (Å²) in [5, 5.41) is 19.2. The molecule has 0 bridgehead atoms. The fourth-order valence-electron chi connectivity index (χ4n) is 1.21. The van der Waals surface area contributed by atoms with Crippen molar-refractivity contribution in [2.24, 2.45) is 0 Å². The van der Waals surface area contributed by atoms with Crippen molar-refractivity contribution in [3.8, 4) is 12.1 Å². The van der Waals surface area contributed by atoms with Crippen molar-refractivity contribution in [3.05, 3.63) is 41.1 Å². The molecule has 0 aliphatic heterocycles. The van der Waals surface area contributed by atoms with Crippen LogP contribution in [0.1, 0.15) is 10.4 Å². The third-order valence-corrected chi connectivity index (χ3v) is 2.10. The molecule has 96 valence electrons. The van der Waals surface area contributed by atoms with Gasteiger partial charge in [0, 0.05) is 6.20 Å². The summed E-state index contributed by atoms with van der Waals surface area (Å²) in [5.41, 5.74) is -1.12. The Bertz CT molecular complexity index is 611. The number of benzene rings is 1. The van der Waals surface area contributed by atoms with Gasteiger partial charge in [-0.05, 0) is 12.1 Å². The fraction of sp³-hybridized carbons (Fsp3) is 0.0833. The largest absolute Gasteiger partial charge is 0.465 e. The van der Waals surface area contributed by atoms with Crippen molar-refractivity contribution >= 4 is 11.7 Å². The molecule has 0 atom stereocenters. The molecule has 0 unspecified atom stereocenters. The molecule has 0 aromatic heterocycles. The van der Waals surface area contributed by atoms with Crippen molar-refractivity contribution < 1.29 is 18.3 Å². The van der Waals surface area contributed by atoms with E-state index in [2.05, 4.69) is 10.1 Å². The Morgan fingerprint density at radius 3 is 2.53 bits per heavy atom. The third-order valence-electron chi connectivity index (χ3n) is 2.10. The van der Waals surface area contributed by atoms with Gasteiger partial charge >= 0.3 is 5.97 Å². The van der Waals surface area contributed by atoms with Gasteiger partial charge in [-0.1, -0.05) is 0 Å². The van der Waals surface area contributed by atoms with E-state index in [4.69, 9.17) is 10.5 Å². The Kier molecular flexibility index (Phi) is 4.56. The molecule has 0 saturated heterocycles. The summed E-state index contributed by atoms with van der Waals surface area (Å²) in [5.74, 6) is -3.38. The number of methoxy groups -OCH3 is 1. The number of nitrogens with one attached hydrogen (secondary N) is 1. The van der Waals surface area contributed by atoms with Crippen LogP contribution in [0.4, 0.5) is 14.5 Å². The molecule has 0 spiro atoms. The molecular weight excluding hydrogens is 256 g/mol. The quantitative estimate of drug-likeness (QED) is 0.666. The highest BCUT2D eigenvalue weighted by Gasteiger charge is 2.18. The minimum Gasteiger partial charge on any atom is -0.465 e. The Morgan fingerprint density at radius 2 is 2.00 bits per heavy atom. The summed E-state index contributed by atoms with van der Waals surface area (Å²) in [4.78, 5) is 11.4. The molecule has 0 fully saturated rings. The van der Waals surface area contributed by atoms with Crippen LogP contribution in [0.25, 0.3) is 0 Å². The third kappa shape index (κ3) is 3.05. The second-order valence-corrected chi connectivity index (χ2v) is 3.20. The average molecular weight is 263 g/mol. The van der Waals surface area contributed by atoms with Crippen molar-refractivity contribution in [1.82, 2.24) is 0 Å². The van der Waals surface area contributed by atoms with E-state index in [0.29, 0.717) is 0 Å². The van der Waals surface area contributed by atoms with Gasteiger partial charge in [-0.2, -0.15) is 10.5 Å². The summed E-state index contributed by atoms with van der Waals surface area (Å²) in [6.45, 7) is 0. The number of rotatable bonds is 3. The average Bonchev–Trinajstić information content (AvgIpc) is 2.43. The molecule has 0 aliphatic rings. The first kappa shape index (κ1) is 14.1. The van der Waals surface area contributed by atoms with Gasteiger partial charge in [0.1, 0.15) is 17.7 Å². The van der Waals surface area contributed by atoms with Crippen LogP contribution in [0.15, 0.2) is 23.9 Å². The fourth-order valence-corrected chi connectivity index (χ4v) is 1.21. The molecule has 0 radical (unpaired) electrons. The summed E-state index contributed by atoms with van der Waals surface area (Å²) < 4.78 is 31.1. The second kappa shape index (κ2) is 6.12. The van der Waals surface area contributed by atoms with Crippen molar-refractivity contribution in [3.63, 3.8) is 0 Å². The van der Waals surface area contributed by atoms with Gasteiger partial charge in [0.2, 0.25) is 0 Å². The molecule has 0 amide bonds. The molecule has 7 heteroatoms. The summed E-state index contributed by atoms with van der Waals surface area (Å²) >= 11 is 0. The Labute approximate surface area is 107 Å². The van der Waals surface area contributed by atoms with Crippen molar-refractivity contribution in [2.75, 3.05) is 12.4 Å². The van der Waals surface area contributed by atoms with Gasteiger partial charge in [-0.25, -0.2) is 13.6 Å². The van der Waals surface area contributed by atoms with Crippen molar-refractivity contribution in [2.45, 2.75) is 0 Å². The molecule has 1 aromatic carbocycles. The van der Waals surface area contributed by atoms with E-state index in [0.717, 1.165) is 25.4 Å². The van der Waals surface area contributed by atoms with Gasteiger partial charge in [0.15, 0.2) is 11.6 Å². The number of anilines is 1. The van der Waals surface area contributed by atoms with Gasteiger partial charge in [0.05, 0.1) is 18.4 Å². The summed E-state index contributed by atoms with van der Waals surface area (Å²) in [6, 6.07) is 4.84. The number of ether oxygens (including phenoxy) is 1. The zero-order chi connectivity index (χ0) is 14.4. The standard InChI is InChI=1S/C12H7F2N3O2/c1-19-12(18)8-2-3-9(13)10(14)11(8)17-6-7(4-15)5-16/h2-3,6,17H,1H3. The smallest absolute Gasteiger partial charge is 0.340 e. The highest BCUT2D eigenvalue weighted by atomic mass is 19.2. The maximum Gasteiger partial charge on any atom is 0.340 e. The van der Waals surface area contributed by atoms with Gasteiger partial charge < -0.3 is 10.1 Å². The van der Waals surface area contributed by atoms with Gasteiger partial charge in [-0.3, -0.25) is 0 Å². The molecular formula is C12H7F2N3O2. The highest BCUT2D eigenvalue weighted by Crippen LogP contribution is 2.23. The van der Waals surface area contributed by atoms with E-state index in [-0.39, 0.29) is 11.1 Å². The Balaban J connectivity index is 3.29. The normalized spacial score (nSPS) is 8.89. The Morgan fingerprint density at radius 1 is 1.37 bits per heavy atom. The van der Waals surface area contributed by atoms with Crippen LogP contribution in [0.3, 0.4) is 0 Å². The summed E-state index contributed by atoms with van der Waals surface area (Å²) in [6.07, 6.45) is 0.865. The molecule has 1 rings (SSSR count). The SMILES string of the molecule is COC(=O)c1ccc(F)c(F)c1NC=C(C#N)C#N. The highest BCUT2D eigenvalue weighted by molar-refractivity contribution is 5.96. The minimum absolute atomic E-state index is 0.257. The minimum atomic E-state index is -1.31. The van der Waals surface area contributed by atoms with Crippen LogP contribution in [-0.2, 0) is 4.74 Å². The monoisotopic (exact) mass is 263 g/mol. The number of allylic oxidation sites excluding steroid dienone is 1. The van der Waals surface area contributed by atoms with Crippen LogP contribution >= 0.6 is 0 Å². The summed E-state index contributed by atoms with van der Waals surface area (Å²) in [7, 11) is 1.08. The lowest BCUT2D eigenvalue weighted by molar-refractivity contribution is 0.0601. The zero-order valence-electron chi connectivity index (χ0n) is 9.70. The number of nitriles is 2. The zero-order valence-corrected chi connectivity index (χ0v) is 9.70. The number of carbonyl (C=O) groups excluding carboxylic acids is 1. The molecule has 0 aliphatic carbocycles. The predicted octanol–water partition coefficient (Wildman–Crippen LogP) is 2.09. The second-order valence-electron chi connectivity index (χ2n) is 3.20. The number of hydrogen-bond donors (Lipinski definition) is 1. The first-order valence-corrected chi connectivity index (χ1v) is 4.88. The number of halogens is 2. The van der Waals surface area contributed by atoms with E-state index in [1.165, 1.54) is 12.1 Å². The lowest BCUT2D eigenvalue weighted by Gasteiger charge is -2.09. The molecule has 0 heterocycles. The van der Waals surface area contributed by atoms with E-state index < -0.39 is 23.3 Å². The number of esters is 1. The first-order chi connectivity index (χ1) is 9.04. The maximum absolute atomic E-state index is 13.6. The topological polar surface area (TPSA) is 85.9 Å². The van der Waals surface area contributed by atoms with Gasteiger partial charge in [0.25, 0.3) is 0 Å². The Hall–Kier alpha value is -2.93. The lowest BCUT2D eigenvalue weighted by atomic mass is 10.1.